The Balaban J connectivity index is 1.65. The second kappa shape index (κ2) is 11.2. The van der Waals surface area contributed by atoms with E-state index in [0.29, 0.717) is 17.7 Å². The van der Waals surface area contributed by atoms with Crippen molar-refractivity contribution in [3.05, 3.63) is 107 Å². The monoisotopic (exact) mass is 491 g/mol. The van der Waals surface area contributed by atoms with Gasteiger partial charge >= 0.3 is 0 Å². The highest BCUT2D eigenvalue weighted by atomic mass is 19.1. The maximum atomic E-state index is 14.5. The minimum atomic E-state index is -0.670. The van der Waals surface area contributed by atoms with Gasteiger partial charge in [-0.15, -0.1) is 0 Å². The van der Waals surface area contributed by atoms with Crippen molar-refractivity contribution < 1.29 is 23.1 Å². The standard InChI is InChI=1S/C28H27F2N3O3/c1-19-11-13-20(14-12-19)26-17-25(21-7-3-5-9-23(21)29)31-33(26)27(34)18-32(15-16-36-2)28(35)22-8-4-6-10-24(22)30/h3-14,26H,15-18H2,1-2H3/t26-/m0/s1. The van der Waals surface area contributed by atoms with Gasteiger partial charge in [-0.2, -0.15) is 5.10 Å². The van der Waals surface area contributed by atoms with Crippen LogP contribution >= 0.6 is 0 Å². The first-order valence-electron chi connectivity index (χ1n) is 11.6. The number of aryl methyl sites for hydroxylation is 1. The van der Waals surface area contributed by atoms with E-state index in [9.17, 15) is 18.4 Å². The van der Waals surface area contributed by atoms with E-state index in [1.807, 2.05) is 31.2 Å². The van der Waals surface area contributed by atoms with E-state index < -0.39 is 29.5 Å². The molecule has 0 saturated carbocycles. The number of ether oxygens (including phenoxy) is 1. The third-order valence-electron chi connectivity index (χ3n) is 6.10. The Morgan fingerprint density at radius 3 is 2.33 bits per heavy atom. The summed E-state index contributed by atoms with van der Waals surface area (Å²) >= 11 is 0. The lowest BCUT2D eigenvalue weighted by atomic mass is 9.97. The van der Waals surface area contributed by atoms with Crippen molar-refractivity contribution in [2.75, 3.05) is 26.8 Å². The van der Waals surface area contributed by atoms with Gasteiger partial charge in [-0.25, -0.2) is 13.8 Å². The largest absolute Gasteiger partial charge is 0.383 e. The Labute approximate surface area is 208 Å². The highest BCUT2D eigenvalue weighted by Crippen LogP contribution is 2.33. The number of halogens is 2. The molecule has 4 rings (SSSR count). The summed E-state index contributed by atoms with van der Waals surface area (Å²) in [6.45, 7) is 1.87. The lowest BCUT2D eigenvalue weighted by molar-refractivity contribution is -0.133. The van der Waals surface area contributed by atoms with Crippen LogP contribution in [0, 0.1) is 18.6 Å². The second-order valence-corrected chi connectivity index (χ2v) is 8.59. The molecule has 0 aliphatic carbocycles. The fourth-order valence-corrected chi connectivity index (χ4v) is 4.14. The van der Waals surface area contributed by atoms with E-state index in [0.717, 1.165) is 11.1 Å². The van der Waals surface area contributed by atoms with Gasteiger partial charge in [0.15, 0.2) is 0 Å². The predicted molar refractivity (Wildman–Crippen MR) is 132 cm³/mol. The first-order valence-corrected chi connectivity index (χ1v) is 11.6. The molecule has 0 saturated heterocycles. The van der Waals surface area contributed by atoms with E-state index >= 15 is 0 Å². The van der Waals surface area contributed by atoms with Gasteiger partial charge in [-0.3, -0.25) is 9.59 Å². The number of rotatable bonds is 8. The van der Waals surface area contributed by atoms with Gasteiger partial charge in [0, 0.05) is 25.6 Å². The van der Waals surface area contributed by atoms with Crippen molar-refractivity contribution in [2.24, 2.45) is 5.10 Å². The smallest absolute Gasteiger partial charge is 0.262 e. The van der Waals surface area contributed by atoms with Crippen molar-refractivity contribution >= 4 is 17.5 Å². The Morgan fingerprint density at radius 2 is 1.67 bits per heavy atom. The van der Waals surface area contributed by atoms with Crippen LogP contribution in [0.25, 0.3) is 0 Å². The van der Waals surface area contributed by atoms with Crippen molar-refractivity contribution in [3.63, 3.8) is 0 Å². The number of hydrogen-bond acceptors (Lipinski definition) is 4. The van der Waals surface area contributed by atoms with Crippen LogP contribution in [0.15, 0.2) is 77.9 Å². The van der Waals surface area contributed by atoms with Crippen molar-refractivity contribution in [2.45, 2.75) is 19.4 Å². The Morgan fingerprint density at radius 1 is 1.00 bits per heavy atom. The molecule has 36 heavy (non-hydrogen) atoms. The molecule has 0 N–H and O–H groups in total. The van der Waals surface area contributed by atoms with Gasteiger partial charge in [0.1, 0.15) is 18.2 Å². The maximum Gasteiger partial charge on any atom is 0.262 e. The highest BCUT2D eigenvalue weighted by molar-refractivity contribution is 6.04. The number of carbonyl (C=O) groups excluding carboxylic acids is 2. The van der Waals surface area contributed by atoms with Crippen LogP contribution in [0.2, 0.25) is 0 Å². The van der Waals surface area contributed by atoms with Crippen molar-refractivity contribution in [1.29, 1.82) is 0 Å². The number of nitrogens with zero attached hydrogens (tertiary/aromatic N) is 3. The third-order valence-corrected chi connectivity index (χ3v) is 6.10. The topological polar surface area (TPSA) is 62.2 Å². The molecule has 0 unspecified atom stereocenters. The summed E-state index contributed by atoms with van der Waals surface area (Å²) in [6, 6.07) is 19.1. The molecule has 1 aliphatic rings. The van der Waals surface area contributed by atoms with Crippen LogP contribution in [0.5, 0.6) is 0 Å². The SMILES string of the molecule is COCCN(CC(=O)N1N=C(c2ccccc2F)C[C@H]1c1ccc(C)cc1)C(=O)c1ccccc1F. The zero-order valence-corrected chi connectivity index (χ0v) is 20.2. The van der Waals surface area contributed by atoms with E-state index in [-0.39, 0.29) is 25.3 Å². The molecule has 3 aromatic carbocycles. The number of methoxy groups -OCH3 is 1. The zero-order valence-electron chi connectivity index (χ0n) is 20.2. The molecule has 0 fully saturated rings. The molecule has 3 aromatic rings. The lowest BCUT2D eigenvalue weighted by Crippen LogP contribution is -2.43. The average molecular weight is 492 g/mol. The zero-order chi connectivity index (χ0) is 25.7. The number of amides is 2. The van der Waals surface area contributed by atoms with E-state index in [2.05, 4.69) is 5.10 Å². The number of hydrogen-bond donors (Lipinski definition) is 0. The minimum absolute atomic E-state index is 0.0856. The summed E-state index contributed by atoms with van der Waals surface area (Å²) in [4.78, 5) is 27.9. The molecule has 1 aliphatic heterocycles. The number of benzene rings is 3. The minimum Gasteiger partial charge on any atom is -0.383 e. The van der Waals surface area contributed by atoms with E-state index in [1.54, 1.807) is 24.3 Å². The Hall–Kier alpha value is -3.91. The average Bonchev–Trinajstić information content (AvgIpc) is 3.32. The van der Waals surface area contributed by atoms with Crippen LogP contribution in [0.4, 0.5) is 8.78 Å². The van der Waals surface area contributed by atoms with Crippen LogP contribution in [0.3, 0.4) is 0 Å². The summed E-state index contributed by atoms with van der Waals surface area (Å²) in [5, 5.41) is 5.81. The predicted octanol–water partition coefficient (Wildman–Crippen LogP) is 4.74. The summed E-state index contributed by atoms with van der Waals surface area (Å²) in [7, 11) is 1.48. The van der Waals surface area contributed by atoms with E-state index in [1.165, 1.54) is 41.3 Å². The van der Waals surface area contributed by atoms with Gasteiger partial charge in [-0.1, -0.05) is 60.2 Å². The van der Waals surface area contributed by atoms with Crippen LogP contribution in [-0.2, 0) is 9.53 Å². The summed E-state index contributed by atoms with van der Waals surface area (Å²) < 4.78 is 34.0. The normalized spacial score (nSPS) is 15.1. The quantitative estimate of drug-likeness (QED) is 0.457. The van der Waals surface area contributed by atoms with Gasteiger partial charge in [-0.05, 0) is 30.7 Å². The van der Waals surface area contributed by atoms with Crippen molar-refractivity contribution in [3.8, 4) is 0 Å². The molecular weight excluding hydrogens is 464 g/mol. The summed E-state index contributed by atoms with van der Waals surface area (Å²) in [5.74, 6) is -2.18. The van der Waals surface area contributed by atoms with Gasteiger partial charge < -0.3 is 9.64 Å². The lowest BCUT2D eigenvalue weighted by Gasteiger charge is -2.27. The van der Waals surface area contributed by atoms with E-state index in [4.69, 9.17) is 4.74 Å². The number of carbonyl (C=O) groups is 2. The fourth-order valence-electron chi connectivity index (χ4n) is 4.14. The molecule has 0 spiro atoms. The van der Waals surface area contributed by atoms with Gasteiger partial charge in [0.2, 0.25) is 0 Å². The molecule has 0 aromatic heterocycles. The first kappa shape index (κ1) is 25.2. The second-order valence-electron chi connectivity index (χ2n) is 8.59. The summed E-state index contributed by atoms with van der Waals surface area (Å²) in [6.07, 6.45) is 0.315. The Bertz CT molecular complexity index is 1280. The first-order chi connectivity index (χ1) is 17.4. The molecule has 0 radical (unpaired) electrons. The van der Waals surface area contributed by atoms with Gasteiger partial charge in [0.25, 0.3) is 11.8 Å². The van der Waals surface area contributed by atoms with Crippen LogP contribution in [-0.4, -0.2) is 54.2 Å². The molecule has 1 atom stereocenters. The third kappa shape index (κ3) is 5.49. The number of hydrazone groups is 1. The molecule has 186 valence electrons. The molecule has 1 heterocycles. The Kier molecular flexibility index (Phi) is 7.85. The van der Waals surface area contributed by atoms with Crippen molar-refractivity contribution in [1.82, 2.24) is 9.91 Å². The highest BCUT2D eigenvalue weighted by Gasteiger charge is 2.35. The van der Waals surface area contributed by atoms with Gasteiger partial charge in [0.05, 0.1) is 23.9 Å². The molecule has 6 nitrogen and oxygen atoms in total. The molecular formula is C28H27F2N3O3. The van der Waals surface area contributed by atoms with Crippen LogP contribution < -0.4 is 0 Å². The molecule has 8 heteroatoms. The van der Waals surface area contributed by atoms with Crippen LogP contribution in [0.1, 0.15) is 39.5 Å². The molecule has 2 amide bonds. The summed E-state index contributed by atoms with van der Waals surface area (Å²) in [5.41, 5.74) is 2.53. The maximum absolute atomic E-state index is 14.5. The molecule has 0 bridgehead atoms. The fraction of sp³-hybridized carbons (Fsp3) is 0.250.